The molecule has 3 rings (SSSR count). The van der Waals surface area contributed by atoms with Gasteiger partial charge in [0.15, 0.2) is 0 Å². The quantitative estimate of drug-likeness (QED) is 0.587. The predicted molar refractivity (Wildman–Crippen MR) is 50.8 cm³/mol. The molecule has 0 aromatic rings. The average molecular weight is 164 g/mol. The highest BCUT2D eigenvalue weighted by atomic mass is 14.9. The zero-order valence-corrected chi connectivity index (χ0v) is 8.72. The van der Waals surface area contributed by atoms with Crippen LogP contribution in [0.2, 0.25) is 0 Å². The van der Waals surface area contributed by atoms with Crippen molar-refractivity contribution in [3.63, 3.8) is 0 Å². The molecule has 0 bridgehead atoms. The Morgan fingerprint density at radius 1 is 0.750 bits per heavy atom. The molecule has 0 heterocycles. The average Bonchev–Trinajstić information content (AvgIpc) is 2.68. The Hall–Kier alpha value is 0. The molecule has 3 saturated carbocycles. The molecule has 0 heteroatoms. The molecule has 0 aromatic heterocycles. The van der Waals surface area contributed by atoms with Gasteiger partial charge in [0.05, 0.1) is 0 Å². The Kier molecular flexibility index (Phi) is 1.00. The van der Waals surface area contributed by atoms with Crippen molar-refractivity contribution in [3.05, 3.63) is 0 Å². The number of fused-ring (bicyclic) bond motifs is 4. The van der Waals surface area contributed by atoms with Gasteiger partial charge in [0.25, 0.3) is 0 Å². The van der Waals surface area contributed by atoms with Gasteiger partial charge >= 0.3 is 0 Å². The van der Waals surface area contributed by atoms with Gasteiger partial charge in [0.2, 0.25) is 0 Å². The molecule has 0 saturated heterocycles. The topological polar surface area (TPSA) is 0 Å². The molecule has 0 atom stereocenters. The van der Waals surface area contributed by atoms with Crippen molar-refractivity contribution in [1.82, 2.24) is 0 Å². The van der Waals surface area contributed by atoms with E-state index in [0.717, 1.165) is 34.5 Å². The SMILES string of the molecule is CCC1(C)C2C1C1C2C1(C)CC. The molecular weight excluding hydrogens is 144 g/mol. The van der Waals surface area contributed by atoms with Crippen LogP contribution in [-0.2, 0) is 0 Å². The van der Waals surface area contributed by atoms with Gasteiger partial charge in [-0.1, -0.05) is 40.5 Å². The first-order valence-corrected chi connectivity index (χ1v) is 5.61. The second kappa shape index (κ2) is 1.63. The van der Waals surface area contributed by atoms with Gasteiger partial charge in [-0.15, -0.1) is 0 Å². The lowest BCUT2D eigenvalue weighted by Crippen LogP contribution is -2.03. The van der Waals surface area contributed by atoms with Crippen LogP contribution in [0.4, 0.5) is 0 Å². The molecule has 0 unspecified atom stereocenters. The molecule has 0 aromatic carbocycles. The molecule has 0 radical (unpaired) electrons. The van der Waals surface area contributed by atoms with Gasteiger partial charge in [-0.3, -0.25) is 0 Å². The van der Waals surface area contributed by atoms with Gasteiger partial charge in [-0.25, -0.2) is 0 Å². The Balaban J connectivity index is 1.79. The Morgan fingerprint density at radius 2 is 1.00 bits per heavy atom. The minimum Gasteiger partial charge on any atom is -0.0648 e. The number of hydrogen-bond donors (Lipinski definition) is 0. The fraction of sp³-hybridized carbons (Fsp3) is 1.00. The fourth-order valence-corrected chi connectivity index (χ4v) is 4.61. The molecule has 0 aliphatic heterocycles. The molecule has 3 fully saturated rings. The zero-order valence-electron chi connectivity index (χ0n) is 8.72. The summed E-state index contributed by atoms with van der Waals surface area (Å²) in [6, 6.07) is 0. The summed E-state index contributed by atoms with van der Waals surface area (Å²) in [6.07, 6.45) is 2.85. The maximum absolute atomic E-state index is 2.52. The first-order valence-electron chi connectivity index (χ1n) is 5.61. The van der Waals surface area contributed by atoms with Crippen LogP contribution in [0, 0.1) is 34.5 Å². The van der Waals surface area contributed by atoms with Gasteiger partial charge in [-0.2, -0.15) is 0 Å². The van der Waals surface area contributed by atoms with Crippen molar-refractivity contribution in [1.29, 1.82) is 0 Å². The van der Waals surface area contributed by atoms with E-state index in [1.807, 2.05) is 0 Å². The minimum atomic E-state index is 0.796. The highest BCUT2D eigenvalue weighted by Crippen LogP contribution is 2.93. The van der Waals surface area contributed by atoms with Gasteiger partial charge < -0.3 is 0 Å². The highest BCUT2D eigenvalue weighted by molar-refractivity contribution is 5.36. The van der Waals surface area contributed by atoms with E-state index in [0.29, 0.717) is 0 Å². The Labute approximate surface area is 75.7 Å². The third kappa shape index (κ3) is 0.459. The van der Waals surface area contributed by atoms with E-state index in [1.54, 1.807) is 0 Å². The zero-order chi connectivity index (χ0) is 8.72. The van der Waals surface area contributed by atoms with E-state index in [9.17, 15) is 0 Å². The fourth-order valence-electron chi connectivity index (χ4n) is 4.61. The summed E-state index contributed by atoms with van der Waals surface area (Å²) in [5, 5.41) is 0. The maximum Gasteiger partial charge on any atom is -0.0260 e. The minimum absolute atomic E-state index is 0.796. The first kappa shape index (κ1) is 7.41. The largest absolute Gasteiger partial charge is 0.0648 e. The van der Waals surface area contributed by atoms with Crippen LogP contribution in [-0.4, -0.2) is 0 Å². The first-order chi connectivity index (χ1) is 5.61. The molecule has 0 spiro atoms. The summed E-state index contributed by atoms with van der Waals surface area (Å²) in [6.45, 7) is 9.79. The summed E-state index contributed by atoms with van der Waals surface area (Å²) < 4.78 is 0. The smallest absolute Gasteiger partial charge is 0.0260 e. The third-order valence-corrected chi connectivity index (χ3v) is 5.90. The van der Waals surface area contributed by atoms with Crippen LogP contribution >= 0.6 is 0 Å². The van der Waals surface area contributed by atoms with Crippen LogP contribution in [0.15, 0.2) is 0 Å². The van der Waals surface area contributed by atoms with Crippen molar-refractivity contribution in [2.75, 3.05) is 0 Å². The standard InChI is InChI=1S/C12H20/c1-5-11(3)7-8(11)10-9(7)12(10,4)6-2/h7-10H,5-6H2,1-4H3. The van der Waals surface area contributed by atoms with Crippen molar-refractivity contribution in [2.24, 2.45) is 34.5 Å². The van der Waals surface area contributed by atoms with E-state index < -0.39 is 0 Å². The second-order valence-corrected chi connectivity index (χ2v) is 5.82. The third-order valence-electron chi connectivity index (χ3n) is 5.90. The molecule has 0 nitrogen and oxygen atoms in total. The molecule has 12 heavy (non-hydrogen) atoms. The summed E-state index contributed by atoms with van der Waals surface area (Å²) in [5.41, 5.74) is 1.59. The van der Waals surface area contributed by atoms with E-state index in [4.69, 9.17) is 0 Å². The monoisotopic (exact) mass is 164 g/mol. The predicted octanol–water partition coefficient (Wildman–Crippen LogP) is 3.32. The Bertz CT molecular complexity index is 190. The van der Waals surface area contributed by atoms with Crippen molar-refractivity contribution < 1.29 is 0 Å². The van der Waals surface area contributed by atoms with Crippen LogP contribution in [0.5, 0.6) is 0 Å². The highest BCUT2D eigenvalue weighted by Gasteiger charge is 2.89. The normalized spacial score (nSPS) is 71.0. The van der Waals surface area contributed by atoms with Crippen molar-refractivity contribution in [2.45, 2.75) is 40.5 Å². The lowest BCUT2D eigenvalue weighted by atomic mass is 9.94. The lowest BCUT2D eigenvalue weighted by Gasteiger charge is -2.11. The van der Waals surface area contributed by atoms with Crippen LogP contribution in [0.25, 0.3) is 0 Å². The van der Waals surface area contributed by atoms with Gasteiger partial charge in [0, 0.05) is 0 Å². The molecule has 68 valence electrons. The molecule has 3 aliphatic rings. The maximum atomic E-state index is 2.52. The second-order valence-electron chi connectivity index (χ2n) is 5.82. The molecule has 0 N–H and O–H groups in total. The van der Waals surface area contributed by atoms with E-state index in [-0.39, 0.29) is 0 Å². The van der Waals surface area contributed by atoms with Crippen molar-refractivity contribution >= 4 is 0 Å². The summed E-state index contributed by atoms with van der Waals surface area (Å²) >= 11 is 0. The van der Waals surface area contributed by atoms with E-state index in [1.165, 1.54) is 12.8 Å². The van der Waals surface area contributed by atoms with Crippen LogP contribution in [0.1, 0.15) is 40.5 Å². The van der Waals surface area contributed by atoms with Crippen LogP contribution < -0.4 is 0 Å². The molecular formula is C12H20. The molecule has 0 amide bonds. The van der Waals surface area contributed by atoms with Crippen LogP contribution in [0.3, 0.4) is 0 Å². The number of hydrogen-bond acceptors (Lipinski definition) is 0. The Morgan fingerprint density at radius 3 is 1.17 bits per heavy atom. The molecule has 3 aliphatic carbocycles. The van der Waals surface area contributed by atoms with Crippen molar-refractivity contribution in [3.8, 4) is 0 Å². The lowest BCUT2D eigenvalue weighted by molar-refractivity contribution is 0.382. The number of rotatable bonds is 2. The summed E-state index contributed by atoms with van der Waals surface area (Å²) in [4.78, 5) is 0. The van der Waals surface area contributed by atoms with E-state index >= 15 is 0 Å². The summed E-state index contributed by atoms with van der Waals surface area (Å²) in [7, 11) is 0. The summed E-state index contributed by atoms with van der Waals surface area (Å²) in [5.74, 6) is 4.60. The van der Waals surface area contributed by atoms with Gasteiger partial charge in [-0.05, 0) is 34.5 Å². The van der Waals surface area contributed by atoms with Gasteiger partial charge in [0.1, 0.15) is 0 Å². The van der Waals surface area contributed by atoms with E-state index in [2.05, 4.69) is 27.7 Å².